The second-order valence-electron chi connectivity index (χ2n) is 5.33. The van der Waals surface area contributed by atoms with E-state index in [1.165, 1.54) is 6.42 Å². The van der Waals surface area contributed by atoms with Crippen molar-refractivity contribution in [2.45, 2.75) is 44.2 Å². The zero-order chi connectivity index (χ0) is 14.4. The maximum Gasteiger partial charge on any atom is 0.258 e. The van der Waals surface area contributed by atoms with E-state index in [-0.39, 0.29) is 5.03 Å². The molecule has 0 bridgehead atoms. The summed E-state index contributed by atoms with van der Waals surface area (Å²) in [6.45, 7) is 4.30. The Labute approximate surface area is 121 Å². The maximum absolute atomic E-state index is 12.1. The fraction of sp³-hybridized carbons (Fsp3) is 0.643. The van der Waals surface area contributed by atoms with Gasteiger partial charge in [0.25, 0.3) is 10.0 Å². The van der Waals surface area contributed by atoms with E-state index in [2.05, 4.69) is 21.9 Å². The number of hydrogen-bond donors (Lipinski definition) is 2. The largest absolute Gasteiger partial charge is 0.313 e. The van der Waals surface area contributed by atoms with Gasteiger partial charge in [-0.25, -0.2) is 18.1 Å². The van der Waals surface area contributed by atoms with Crippen molar-refractivity contribution in [3.63, 3.8) is 0 Å². The van der Waals surface area contributed by atoms with Gasteiger partial charge >= 0.3 is 0 Å². The third-order valence-electron chi connectivity index (χ3n) is 3.62. The molecule has 112 valence electrons. The zero-order valence-electron chi connectivity index (χ0n) is 11.9. The average Bonchev–Trinajstić information content (AvgIpc) is 2.38. The first kappa shape index (κ1) is 15.4. The predicted octanol–water partition coefficient (Wildman–Crippen LogP) is 1.66. The van der Waals surface area contributed by atoms with Gasteiger partial charge in [-0.1, -0.05) is 19.4 Å². The number of pyridine rings is 1. The Morgan fingerprint density at radius 1 is 1.35 bits per heavy atom. The summed E-state index contributed by atoms with van der Waals surface area (Å²) in [6.07, 6.45) is 6.16. The topological polar surface area (TPSA) is 71.1 Å². The predicted molar refractivity (Wildman–Crippen MR) is 78.8 cm³/mol. The monoisotopic (exact) mass is 297 g/mol. The smallest absolute Gasteiger partial charge is 0.258 e. The molecule has 1 aromatic heterocycles. The van der Waals surface area contributed by atoms with Crippen molar-refractivity contribution in [3.8, 4) is 0 Å². The Morgan fingerprint density at radius 2 is 2.15 bits per heavy atom. The minimum atomic E-state index is -3.45. The van der Waals surface area contributed by atoms with Crippen molar-refractivity contribution in [1.82, 2.24) is 15.0 Å². The molecule has 2 N–H and O–H groups in total. The SMILES string of the molecule is CCCNCc1ccc(S(=O)(=O)NCC2CCC2)nc1. The summed E-state index contributed by atoms with van der Waals surface area (Å²) in [6, 6.07) is 3.39. The van der Waals surface area contributed by atoms with E-state index in [0.717, 1.165) is 37.9 Å². The lowest BCUT2D eigenvalue weighted by Gasteiger charge is -2.25. The number of aromatic nitrogens is 1. The lowest BCUT2D eigenvalue weighted by atomic mass is 9.86. The summed E-state index contributed by atoms with van der Waals surface area (Å²) in [5, 5.41) is 3.37. The summed E-state index contributed by atoms with van der Waals surface area (Å²) in [5.74, 6) is 0.502. The summed E-state index contributed by atoms with van der Waals surface area (Å²) in [5.41, 5.74) is 0.997. The fourth-order valence-corrected chi connectivity index (χ4v) is 3.12. The first-order valence-electron chi connectivity index (χ1n) is 7.27. The van der Waals surface area contributed by atoms with Gasteiger partial charge in [-0.05, 0) is 43.4 Å². The van der Waals surface area contributed by atoms with E-state index < -0.39 is 10.0 Å². The van der Waals surface area contributed by atoms with E-state index >= 15 is 0 Å². The number of sulfonamides is 1. The van der Waals surface area contributed by atoms with Crippen molar-refractivity contribution < 1.29 is 8.42 Å². The van der Waals surface area contributed by atoms with Crippen LogP contribution in [0.5, 0.6) is 0 Å². The van der Waals surface area contributed by atoms with Crippen LogP contribution in [0.1, 0.15) is 38.2 Å². The molecule has 1 fully saturated rings. The third-order valence-corrected chi connectivity index (χ3v) is 4.95. The van der Waals surface area contributed by atoms with Crippen LogP contribution in [0.4, 0.5) is 0 Å². The van der Waals surface area contributed by atoms with Gasteiger partial charge in [-0.2, -0.15) is 0 Å². The summed E-state index contributed by atoms with van der Waals surface area (Å²) >= 11 is 0. The highest BCUT2D eigenvalue weighted by Crippen LogP contribution is 2.25. The van der Waals surface area contributed by atoms with E-state index in [9.17, 15) is 8.42 Å². The summed E-state index contributed by atoms with van der Waals surface area (Å²) in [7, 11) is -3.45. The standard InChI is InChI=1S/C14H23N3O2S/c1-2-8-15-9-13-6-7-14(16-10-13)20(18,19)17-11-12-4-3-5-12/h6-7,10,12,15,17H,2-5,8-9,11H2,1H3. The van der Waals surface area contributed by atoms with Gasteiger partial charge < -0.3 is 5.32 Å². The molecule has 0 spiro atoms. The van der Waals surface area contributed by atoms with Crippen molar-refractivity contribution >= 4 is 10.0 Å². The number of nitrogens with one attached hydrogen (secondary N) is 2. The molecule has 1 heterocycles. The quantitative estimate of drug-likeness (QED) is 0.716. The molecule has 6 heteroatoms. The van der Waals surface area contributed by atoms with Crippen LogP contribution in [0.25, 0.3) is 0 Å². The van der Waals surface area contributed by atoms with Crippen LogP contribution in [0.3, 0.4) is 0 Å². The van der Waals surface area contributed by atoms with Gasteiger partial charge in [0.2, 0.25) is 0 Å². The molecule has 0 unspecified atom stereocenters. The van der Waals surface area contributed by atoms with Crippen molar-refractivity contribution in [2.24, 2.45) is 5.92 Å². The van der Waals surface area contributed by atoms with Crippen molar-refractivity contribution in [1.29, 1.82) is 0 Å². The first-order chi connectivity index (χ1) is 9.62. The van der Waals surface area contributed by atoms with Gasteiger partial charge in [0.05, 0.1) is 0 Å². The van der Waals surface area contributed by atoms with Crippen LogP contribution in [0.2, 0.25) is 0 Å². The Balaban J connectivity index is 1.89. The molecule has 0 saturated heterocycles. The van der Waals surface area contributed by atoms with E-state index in [0.29, 0.717) is 12.5 Å². The van der Waals surface area contributed by atoms with E-state index in [1.54, 1.807) is 12.3 Å². The number of nitrogens with zero attached hydrogens (tertiary/aromatic N) is 1. The van der Waals surface area contributed by atoms with Gasteiger partial charge in [0.1, 0.15) is 0 Å². The minimum Gasteiger partial charge on any atom is -0.313 e. The van der Waals surface area contributed by atoms with Crippen LogP contribution in [-0.2, 0) is 16.6 Å². The lowest BCUT2D eigenvalue weighted by molar-refractivity contribution is 0.316. The molecule has 1 aliphatic carbocycles. The highest BCUT2D eigenvalue weighted by Gasteiger charge is 2.21. The molecule has 0 atom stereocenters. The summed E-state index contributed by atoms with van der Waals surface area (Å²) < 4.78 is 26.8. The molecular formula is C14H23N3O2S. The number of hydrogen-bond acceptors (Lipinski definition) is 4. The molecule has 0 radical (unpaired) electrons. The zero-order valence-corrected chi connectivity index (χ0v) is 12.7. The first-order valence-corrected chi connectivity index (χ1v) is 8.75. The minimum absolute atomic E-state index is 0.107. The van der Waals surface area contributed by atoms with Crippen molar-refractivity contribution in [2.75, 3.05) is 13.1 Å². The lowest BCUT2D eigenvalue weighted by Crippen LogP contribution is -2.32. The second kappa shape index (κ2) is 7.15. The third kappa shape index (κ3) is 4.26. The molecule has 0 amide bonds. The van der Waals surface area contributed by atoms with Crippen LogP contribution in [0.15, 0.2) is 23.4 Å². The van der Waals surface area contributed by atoms with Crippen LogP contribution in [-0.4, -0.2) is 26.5 Å². The van der Waals surface area contributed by atoms with Gasteiger partial charge in [-0.3, -0.25) is 0 Å². The highest BCUT2D eigenvalue weighted by atomic mass is 32.2. The molecule has 1 saturated carbocycles. The number of rotatable bonds is 8. The molecule has 0 aliphatic heterocycles. The Kier molecular flexibility index (Phi) is 5.51. The normalized spacial score (nSPS) is 16.1. The van der Waals surface area contributed by atoms with E-state index in [1.807, 2.05) is 6.07 Å². The van der Waals surface area contributed by atoms with Gasteiger partial charge in [0, 0.05) is 19.3 Å². The highest BCUT2D eigenvalue weighted by molar-refractivity contribution is 7.89. The van der Waals surface area contributed by atoms with Crippen molar-refractivity contribution in [3.05, 3.63) is 23.9 Å². The molecular weight excluding hydrogens is 274 g/mol. The summed E-state index contributed by atoms with van der Waals surface area (Å²) in [4.78, 5) is 4.06. The molecule has 5 nitrogen and oxygen atoms in total. The fourth-order valence-electron chi connectivity index (χ4n) is 2.08. The molecule has 20 heavy (non-hydrogen) atoms. The van der Waals surface area contributed by atoms with E-state index in [4.69, 9.17) is 0 Å². The Hall–Kier alpha value is -0.980. The molecule has 1 aliphatic rings. The average molecular weight is 297 g/mol. The Morgan fingerprint density at radius 3 is 2.70 bits per heavy atom. The van der Waals surface area contributed by atoms with Gasteiger partial charge in [-0.15, -0.1) is 0 Å². The second-order valence-corrected chi connectivity index (χ2v) is 7.04. The van der Waals surface area contributed by atoms with Crippen LogP contribution < -0.4 is 10.0 Å². The molecule has 0 aromatic carbocycles. The van der Waals surface area contributed by atoms with Crippen LogP contribution in [0, 0.1) is 5.92 Å². The Bertz CT molecular complexity index is 510. The molecule has 1 aromatic rings. The molecule has 2 rings (SSSR count). The van der Waals surface area contributed by atoms with Gasteiger partial charge in [0.15, 0.2) is 5.03 Å². The maximum atomic E-state index is 12.1. The van der Waals surface area contributed by atoms with Crippen LogP contribution >= 0.6 is 0 Å².